The fraction of sp³-hybridized carbons (Fsp3) is 0.444. The van der Waals surface area contributed by atoms with E-state index in [2.05, 4.69) is 25.8 Å². The Morgan fingerprint density at radius 3 is 2.63 bits per heavy atom. The van der Waals surface area contributed by atoms with E-state index in [1.807, 2.05) is 20.9 Å². The molecule has 0 saturated carbocycles. The van der Waals surface area contributed by atoms with Gasteiger partial charge in [0.05, 0.1) is 10.6 Å². The first kappa shape index (κ1) is 20.0. The molecule has 2 aromatic rings. The Kier molecular flexibility index (Phi) is 5.47. The van der Waals surface area contributed by atoms with Gasteiger partial charge in [-0.2, -0.15) is 5.10 Å². The van der Waals surface area contributed by atoms with Crippen LogP contribution in [0, 0.1) is 13.8 Å². The standard InChI is InChI=1S/C18H23BrN4O3S/c1-11-15(12(2)22(4)21-11)5-7-20-27(25,26)18-10-17-14(9-16(18)19)6-8-23(17)13(3)24/h9-10,20H,5-8H2,1-4H3. The van der Waals surface area contributed by atoms with Crippen molar-refractivity contribution in [1.82, 2.24) is 14.5 Å². The average Bonchev–Trinajstić information content (AvgIpc) is 3.09. The highest BCUT2D eigenvalue weighted by Gasteiger charge is 2.27. The maximum atomic E-state index is 12.8. The van der Waals surface area contributed by atoms with Crippen LogP contribution in [0.1, 0.15) is 29.4 Å². The molecule has 0 unspecified atom stereocenters. The van der Waals surface area contributed by atoms with E-state index >= 15 is 0 Å². The first-order valence-electron chi connectivity index (χ1n) is 8.71. The predicted molar refractivity (Wildman–Crippen MR) is 107 cm³/mol. The first-order valence-corrected chi connectivity index (χ1v) is 11.0. The molecule has 1 N–H and O–H groups in total. The third-order valence-corrected chi connectivity index (χ3v) is 7.44. The van der Waals surface area contributed by atoms with Gasteiger partial charge < -0.3 is 4.90 Å². The van der Waals surface area contributed by atoms with Crippen LogP contribution in [-0.2, 0) is 34.7 Å². The van der Waals surface area contributed by atoms with Gasteiger partial charge in [-0.1, -0.05) is 0 Å². The highest BCUT2D eigenvalue weighted by Crippen LogP contribution is 2.35. The summed E-state index contributed by atoms with van der Waals surface area (Å²) in [5.41, 5.74) is 4.63. The van der Waals surface area contributed by atoms with E-state index in [1.165, 1.54) is 6.92 Å². The van der Waals surface area contributed by atoms with E-state index in [9.17, 15) is 13.2 Å². The summed E-state index contributed by atoms with van der Waals surface area (Å²) in [6.07, 6.45) is 1.29. The third kappa shape index (κ3) is 3.81. The Hall–Kier alpha value is -1.71. The number of aryl methyl sites for hydroxylation is 2. The number of sulfonamides is 1. The molecule has 3 rings (SSSR count). The molecule has 2 heterocycles. The van der Waals surface area contributed by atoms with Gasteiger partial charge in [-0.3, -0.25) is 9.48 Å². The molecular weight excluding hydrogens is 432 g/mol. The normalized spacial score (nSPS) is 13.9. The highest BCUT2D eigenvalue weighted by molar-refractivity contribution is 9.10. The molecule has 146 valence electrons. The Balaban J connectivity index is 1.81. The van der Waals surface area contributed by atoms with Crippen molar-refractivity contribution in [2.24, 2.45) is 7.05 Å². The number of rotatable bonds is 5. The van der Waals surface area contributed by atoms with E-state index in [0.717, 1.165) is 28.9 Å². The fourth-order valence-corrected chi connectivity index (χ4v) is 5.63. The van der Waals surface area contributed by atoms with E-state index in [-0.39, 0.29) is 17.3 Å². The van der Waals surface area contributed by atoms with Crippen LogP contribution in [0.15, 0.2) is 21.5 Å². The lowest BCUT2D eigenvalue weighted by atomic mass is 10.1. The van der Waals surface area contributed by atoms with Crippen molar-refractivity contribution in [3.8, 4) is 0 Å². The second kappa shape index (κ2) is 7.37. The number of hydrogen-bond donors (Lipinski definition) is 1. The number of anilines is 1. The molecule has 7 nitrogen and oxygen atoms in total. The van der Waals surface area contributed by atoms with Crippen LogP contribution in [-0.4, -0.2) is 37.2 Å². The number of nitrogens with zero attached hydrogens (tertiary/aromatic N) is 3. The molecular formula is C18H23BrN4O3S. The quantitative estimate of drug-likeness (QED) is 0.750. The summed E-state index contributed by atoms with van der Waals surface area (Å²) in [7, 11) is -1.84. The number of amides is 1. The summed E-state index contributed by atoms with van der Waals surface area (Å²) in [6, 6.07) is 3.37. The van der Waals surface area contributed by atoms with Crippen molar-refractivity contribution in [2.75, 3.05) is 18.0 Å². The van der Waals surface area contributed by atoms with Crippen molar-refractivity contribution < 1.29 is 13.2 Å². The maximum absolute atomic E-state index is 12.8. The predicted octanol–water partition coefficient (Wildman–Crippen LogP) is 2.23. The van der Waals surface area contributed by atoms with Crippen LogP contribution in [0.3, 0.4) is 0 Å². The van der Waals surface area contributed by atoms with Crippen molar-refractivity contribution in [1.29, 1.82) is 0 Å². The van der Waals surface area contributed by atoms with Gasteiger partial charge in [0.1, 0.15) is 0 Å². The molecule has 0 aliphatic carbocycles. The van der Waals surface area contributed by atoms with Crippen LogP contribution in [0.2, 0.25) is 0 Å². The summed E-state index contributed by atoms with van der Waals surface area (Å²) in [4.78, 5) is 13.6. The zero-order valence-electron chi connectivity index (χ0n) is 15.8. The largest absolute Gasteiger partial charge is 0.312 e. The summed E-state index contributed by atoms with van der Waals surface area (Å²) in [6.45, 7) is 6.23. The molecule has 0 radical (unpaired) electrons. The molecule has 27 heavy (non-hydrogen) atoms. The Bertz CT molecular complexity index is 1010. The molecule has 1 amide bonds. The number of nitrogens with one attached hydrogen (secondary N) is 1. The van der Waals surface area contributed by atoms with Gasteiger partial charge in [0.25, 0.3) is 0 Å². The molecule has 0 saturated heterocycles. The topological polar surface area (TPSA) is 84.3 Å². The number of aromatic nitrogens is 2. The Morgan fingerprint density at radius 1 is 1.33 bits per heavy atom. The van der Waals surface area contributed by atoms with Gasteiger partial charge in [0.2, 0.25) is 15.9 Å². The number of hydrogen-bond acceptors (Lipinski definition) is 4. The molecule has 1 aromatic heterocycles. The summed E-state index contributed by atoms with van der Waals surface area (Å²) >= 11 is 3.37. The lowest BCUT2D eigenvalue weighted by Gasteiger charge is -2.17. The van der Waals surface area contributed by atoms with Crippen molar-refractivity contribution >= 4 is 37.5 Å². The van der Waals surface area contributed by atoms with Crippen molar-refractivity contribution in [3.05, 3.63) is 39.1 Å². The highest BCUT2D eigenvalue weighted by atomic mass is 79.9. The zero-order chi connectivity index (χ0) is 19.9. The molecule has 0 spiro atoms. The lowest BCUT2D eigenvalue weighted by molar-refractivity contribution is -0.116. The molecule has 9 heteroatoms. The minimum atomic E-state index is -3.71. The van der Waals surface area contributed by atoms with Crippen molar-refractivity contribution in [2.45, 2.75) is 38.5 Å². The number of fused-ring (bicyclic) bond motifs is 1. The second-order valence-corrected chi connectivity index (χ2v) is 9.34. The zero-order valence-corrected chi connectivity index (χ0v) is 18.2. The maximum Gasteiger partial charge on any atom is 0.241 e. The molecule has 1 aromatic carbocycles. The van der Waals surface area contributed by atoms with Gasteiger partial charge in [-0.15, -0.1) is 0 Å². The van der Waals surface area contributed by atoms with E-state index in [1.54, 1.807) is 21.7 Å². The smallest absolute Gasteiger partial charge is 0.241 e. The first-order chi connectivity index (χ1) is 12.6. The summed E-state index contributed by atoms with van der Waals surface area (Å²) < 4.78 is 30.6. The number of halogens is 1. The third-order valence-electron chi connectivity index (χ3n) is 5.02. The Morgan fingerprint density at radius 2 is 2.04 bits per heavy atom. The Labute approximate surface area is 167 Å². The van der Waals surface area contributed by atoms with Gasteiger partial charge >= 0.3 is 0 Å². The molecule has 1 aliphatic heterocycles. The van der Waals surface area contributed by atoms with E-state index < -0.39 is 10.0 Å². The van der Waals surface area contributed by atoms with Crippen molar-refractivity contribution in [3.63, 3.8) is 0 Å². The minimum absolute atomic E-state index is 0.0880. The average molecular weight is 455 g/mol. The van der Waals surface area contributed by atoms with Gasteiger partial charge in [0.15, 0.2) is 0 Å². The van der Waals surface area contributed by atoms with Gasteiger partial charge in [0, 0.05) is 42.9 Å². The van der Waals surface area contributed by atoms with Crippen LogP contribution in [0.4, 0.5) is 5.69 Å². The number of carbonyl (C=O) groups is 1. The van der Waals surface area contributed by atoms with Gasteiger partial charge in [-0.05, 0) is 65.9 Å². The second-order valence-electron chi connectivity index (χ2n) is 6.75. The molecule has 1 aliphatic rings. The van der Waals surface area contributed by atoms with Crippen LogP contribution in [0.5, 0.6) is 0 Å². The van der Waals surface area contributed by atoms with E-state index in [0.29, 0.717) is 23.1 Å². The number of benzene rings is 1. The monoisotopic (exact) mass is 454 g/mol. The lowest BCUT2D eigenvalue weighted by Crippen LogP contribution is -2.28. The van der Waals surface area contributed by atoms with Crippen LogP contribution < -0.4 is 9.62 Å². The van der Waals surface area contributed by atoms with Gasteiger partial charge in [-0.25, -0.2) is 13.1 Å². The molecule has 0 atom stereocenters. The SMILES string of the molecule is CC(=O)N1CCc2cc(Br)c(S(=O)(=O)NCCc3c(C)nn(C)c3C)cc21. The summed E-state index contributed by atoms with van der Waals surface area (Å²) in [5, 5.41) is 4.36. The van der Waals surface area contributed by atoms with Crippen LogP contribution >= 0.6 is 15.9 Å². The summed E-state index contributed by atoms with van der Waals surface area (Å²) in [5.74, 6) is -0.0880. The van der Waals surface area contributed by atoms with E-state index in [4.69, 9.17) is 0 Å². The minimum Gasteiger partial charge on any atom is -0.312 e. The fourth-order valence-electron chi connectivity index (χ4n) is 3.49. The molecule has 0 fully saturated rings. The van der Waals surface area contributed by atoms with Crippen LogP contribution in [0.25, 0.3) is 0 Å². The number of carbonyl (C=O) groups excluding carboxylic acids is 1. The molecule has 0 bridgehead atoms.